The Bertz CT molecular complexity index is 598. The summed E-state index contributed by atoms with van der Waals surface area (Å²) < 4.78 is 11.3. The molecule has 0 fully saturated rings. The Morgan fingerprint density at radius 2 is 2.25 bits per heavy atom. The maximum atomic E-state index is 11.8. The minimum atomic E-state index is -0.286. The lowest BCUT2D eigenvalue weighted by Gasteiger charge is -2.12. The van der Waals surface area contributed by atoms with E-state index in [2.05, 4.69) is 20.7 Å². The molecule has 2 heterocycles. The molecule has 1 aliphatic heterocycles. The molecular weight excluding hydrogens is 260 g/mol. The molecule has 1 aromatic carbocycles. The number of rotatable bonds is 3. The van der Waals surface area contributed by atoms with Gasteiger partial charge in [-0.2, -0.15) is 15.4 Å². The summed E-state index contributed by atoms with van der Waals surface area (Å²) in [6, 6.07) is 5.64. The van der Waals surface area contributed by atoms with Crippen LogP contribution in [0.2, 0.25) is 0 Å². The third-order valence-electron chi connectivity index (χ3n) is 2.94. The summed E-state index contributed by atoms with van der Waals surface area (Å²) in [5.74, 6) is 1.13. The summed E-state index contributed by atoms with van der Waals surface area (Å²) in [5.41, 5.74) is 1.13. The van der Waals surface area contributed by atoms with E-state index < -0.39 is 0 Å². The zero-order valence-corrected chi connectivity index (χ0v) is 10.8. The Morgan fingerprint density at radius 3 is 3.10 bits per heavy atom. The summed E-state index contributed by atoms with van der Waals surface area (Å²) in [6.45, 7) is 1.60. The predicted molar refractivity (Wildman–Crippen MR) is 69.6 cm³/mol. The van der Waals surface area contributed by atoms with Gasteiger partial charge in [-0.15, -0.1) is 0 Å². The number of fused-ring (bicyclic) bond motifs is 1. The standard InChI is InChI=1S/C13H14N4O3/c18-13(10-8-15-17-16-10)14-7-9-3-1-4-11-12(9)20-6-2-5-19-11/h1,3-4,8H,2,5-7H2,(H,14,18)(H,15,16,17). The monoisotopic (exact) mass is 274 g/mol. The van der Waals surface area contributed by atoms with Gasteiger partial charge in [-0.3, -0.25) is 4.79 Å². The summed E-state index contributed by atoms with van der Waals surface area (Å²) >= 11 is 0. The molecule has 7 nitrogen and oxygen atoms in total. The fourth-order valence-electron chi connectivity index (χ4n) is 1.97. The Hall–Kier alpha value is -2.57. The van der Waals surface area contributed by atoms with E-state index in [1.54, 1.807) is 0 Å². The highest BCUT2D eigenvalue weighted by atomic mass is 16.5. The van der Waals surface area contributed by atoms with Crippen LogP contribution in [0.1, 0.15) is 22.5 Å². The first-order valence-electron chi connectivity index (χ1n) is 6.36. The number of amides is 1. The molecule has 104 valence electrons. The Labute approximate surface area is 115 Å². The van der Waals surface area contributed by atoms with Crippen molar-refractivity contribution in [1.29, 1.82) is 0 Å². The van der Waals surface area contributed by atoms with Crippen LogP contribution >= 0.6 is 0 Å². The molecule has 0 bridgehead atoms. The maximum Gasteiger partial charge on any atom is 0.273 e. The molecular formula is C13H14N4O3. The Kier molecular flexibility index (Phi) is 3.49. The highest BCUT2D eigenvalue weighted by Crippen LogP contribution is 2.33. The molecule has 0 radical (unpaired) electrons. The fraction of sp³-hybridized carbons (Fsp3) is 0.308. The lowest BCUT2D eigenvalue weighted by molar-refractivity contribution is 0.0945. The molecule has 0 saturated heterocycles. The number of benzene rings is 1. The van der Waals surface area contributed by atoms with Crippen LogP contribution in [0, 0.1) is 0 Å². The lowest BCUT2D eigenvalue weighted by Crippen LogP contribution is -2.23. The number of aromatic nitrogens is 3. The molecule has 0 atom stereocenters. The number of H-pyrrole nitrogens is 1. The van der Waals surface area contributed by atoms with Crippen molar-refractivity contribution in [1.82, 2.24) is 20.7 Å². The number of ether oxygens (including phenoxy) is 2. The highest BCUT2D eigenvalue weighted by molar-refractivity contribution is 5.91. The van der Waals surface area contributed by atoms with Crippen LogP contribution < -0.4 is 14.8 Å². The SMILES string of the molecule is O=C(NCc1cccc2c1OCCCO2)c1cn[nH]n1. The van der Waals surface area contributed by atoms with Crippen molar-refractivity contribution in [2.75, 3.05) is 13.2 Å². The molecule has 1 aromatic heterocycles. The van der Waals surface area contributed by atoms with E-state index in [4.69, 9.17) is 9.47 Å². The normalized spacial score (nSPS) is 13.6. The van der Waals surface area contributed by atoms with E-state index in [0.29, 0.717) is 25.5 Å². The molecule has 7 heteroatoms. The molecule has 2 N–H and O–H groups in total. The third kappa shape index (κ3) is 2.56. The van der Waals surface area contributed by atoms with Gasteiger partial charge in [0.15, 0.2) is 17.2 Å². The lowest BCUT2D eigenvalue weighted by atomic mass is 10.2. The average Bonchev–Trinajstić information content (AvgIpc) is 2.90. The molecule has 1 aliphatic rings. The van der Waals surface area contributed by atoms with Crippen LogP contribution in [0.25, 0.3) is 0 Å². The first-order valence-corrected chi connectivity index (χ1v) is 6.36. The number of hydrogen-bond acceptors (Lipinski definition) is 5. The zero-order valence-electron chi connectivity index (χ0n) is 10.8. The van der Waals surface area contributed by atoms with Crippen LogP contribution in [-0.4, -0.2) is 34.5 Å². The predicted octanol–water partition coefficient (Wildman–Crippen LogP) is 0.896. The first-order chi connectivity index (χ1) is 9.84. The topological polar surface area (TPSA) is 89.1 Å². The van der Waals surface area contributed by atoms with Crippen molar-refractivity contribution in [3.8, 4) is 11.5 Å². The number of hydrogen-bond donors (Lipinski definition) is 2. The average molecular weight is 274 g/mol. The van der Waals surface area contributed by atoms with E-state index in [9.17, 15) is 4.79 Å². The van der Waals surface area contributed by atoms with Crippen molar-refractivity contribution in [3.05, 3.63) is 35.7 Å². The van der Waals surface area contributed by atoms with Crippen LogP contribution in [0.15, 0.2) is 24.4 Å². The number of para-hydroxylation sites is 1. The number of nitrogens with one attached hydrogen (secondary N) is 2. The van der Waals surface area contributed by atoms with Gasteiger partial charge in [-0.25, -0.2) is 0 Å². The smallest absolute Gasteiger partial charge is 0.273 e. The Balaban J connectivity index is 1.73. The third-order valence-corrected chi connectivity index (χ3v) is 2.94. The molecule has 1 amide bonds. The van der Waals surface area contributed by atoms with Gasteiger partial charge in [0.2, 0.25) is 0 Å². The van der Waals surface area contributed by atoms with Crippen molar-refractivity contribution in [2.24, 2.45) is 0 Å². The number of carbonyl (C=O) groups excluding carboxylic acids is 1. The second-order valence-electron chi connectivity index (χ2n) is 4.33. The van der Waals surface area contributed by atoms with Crippen molar-refractivity contribution in [3.63, 3.8) is 0 Å². The van der Waals surface area contributed by atoms with Crippen LogP contribution in [0.4, 0.5) is 0 Å². The zero-order chi connectivity index (χ0) is 13.8. The summed E-state index contributed by atoms with van der Waals surface area (Å²) in [4.78, 5) is 11.8. The number of aromatic amines is 1. The van der Waals surface area contributed by atoms with Gasteiger partial charge in [0.05, 0.1) is 19.4 Å². The van der Waals surface area contributed by atoms with Gasteiger partial charge in [0.25, 0.3) is 5.91 Å². The molecule has 3 rings (SSSR count). The first kappa shape index (κ1) is 12.5. The summed E-state index contributed by atoms with van der Waals surface area (Å²) in [6.07, 6.45) is 2.22. The fourth-order valence-corrected chi connectivity index (χ4v) is 1.97. The molecule has 0 aliphatic carbocycles. The van der Waals surface area contributed by atoms with Gasteiger partial charge >= 0.3 is 0 Å². The minimum Gasteiger partial charge on any atom is -0.490 e. The molecule has 0 saturated carbocycles. The second kappa shape index (κ2) is 5.60. The van der Waals surface area contributed by atoms with Crippen molar-refractivity contribution in [2.45, 2.75) is 13.0 Å². The van der Waals surface area contributed by atoms with Gasteiger partial charge in [-0.05, 0) is 6.07 Å². The molecule has 0 spiro atoms. The van der Waals surface area contributed by atoms with Gasteiger partial charge < -0.3 is 14.8 Å². The summed E-state index contributed by atoms with van der Waals surface area (Å²) in [7, 11) is 0. The van der Waals surface area contributed by atoms with E-state index in [1.165, 1.54) is 6.20 Å². The van der Waals surface area contributed by atoms with Crippen LogP contribution in [0.5, 0.6) is 11.5 Å². The van der Waals surface area contributed by atoms with E-state index in [-0.39, 0.29) is 11.6 Å². The van der Waals surface area contributed by atoms with Crippen molar-refractivity contribution < 1.29 is 14.3 Å². The van der Waals surface area contributed by atoms with E-state index in [1.807, 2.05) is 18.2 Å². The molecule has 2 aromatic rings. The summed E-state index contributed by atoms with van der Waals surface area (Å²) in [5, 5.41) is 12.5. The van der Waals surface area contributed by atoms with Crippen LogP contribution in [0.3, 0.4) is 0 Å². The number of nitrogens with zero attached hydrogens (tertiary/aromatic N) is 2. The Morgan fingerprint density at radius 1 is 1.35 bits per heavy atom. The largest absolute Gasteiger partial charge is 0.490 e. The van der Waals surface area contributed by atoms with Crippen molar-refractivity contribution >= 4 is 5.91 Å². The molecule has 0 unspecified atom stereocenters. The van der Waals surface area contributed by atoms with E-state index >= 15 is 0 Å². The van der Waals surface area contributed by atoms with Crippen LogP contribution in [-0.2, 0) is 6.54 Å². The highest BCUT2D eigenvalue weighted by Gasteiger charge is 2.15. The number of carbonyl (C=O) groups is 1. The van der Waals surface area contributed by atoms with Gasteiger partial charge in [0.1, 0.15) is 0 Å². The minimum absolute atomic E-state index is 0.254. The van der Waals surface area contributed by atoms with Gasteiger partial charge in [-0.1, -0.05) is 12.1 Å². The quantitative estimate of drug-likeness (QED) is 0.868. The second-order valence-corrected chi connectivity index (χ2v) is 4.33. The molecule has 20 heavy (non-hydrogen) atoms. The van der Waals surface area contributed by atoms with Gasteiger partial charge in [0, 0.05) is 18.5 Å². The van der Waals surface area contributed by atoms with E-state index in [0.717, 1.165) is 17.7 Å². The maximum absolute atomic E-state index is 11.8.